The standard InChI is InChI=1S/C71H137NO8/c1-3-5-7-9-11-13-15-17-19-21-23-25-26-27-28-29-30-31-32-33-34-35-36-37-38-39-41-43-45-47-49-51-53-55-57-59-61-67(75)72-64(63-79-71-70(78)69(77)68(76)66(62-73)80-71)65(74)60-58-56-54-52-50-48-46-44-42-40-24-22-20-18-16-14-12-10-8-6-4-2/h50,52,58,60,64-66,68-71,73-74,76-78H,3-49,51,53-57,59,61-63H2,1-2H3,(H,72,75)/b52-50+,60-58+. The number of aliphatic hydroxyl groups is 5. The fourth-order valence-corrected chi connectivity index (χ4v) is 11.7. The van der Waals surface area contributed by atoms with Crippen molar-refractivity contribution in [1.82, 2.24) is 5.32 Å². The van der Waals surface area contributed by atoms with Gasteiger partial charge in [0.1, 0.15) is 24.4 Å². The van der Waals surface area contributed by atoms with Gasteiger partial charge in [-0.25, -0.2) is 0 Å². The molecule has 7 unspecified atom stereocenters. The zero-order valence-electron chi connectivity index (χ0n) is 53.1. The molecule has 0 radical (unpaired) electrons. The summed E-state index contributed by atoms with van der Waals surface area (Å²) >= 11 is 0. The molecule has 1 amide bonds. The van der Waals surface area contributed by atoms with Gasteiger partial charge in [-0.05, 0) is 32.1 Å². The van der Waals surface area contributed by atoms with Crippen molar-refractivity contribution in [2.24, 2.45) is 0 Å². The number of ether oxygens (including phenoxy) is 2. The molecule has 0 aromatic rings. The van der Waals surface area contributed by atoms with E-state index in [1.165, 1.54) is 308 Å². The van der Waals surface area contributed by atoms with Crippen molar-refractivity contribution in [3.05, 3.63) is 24.3 Å². The van der Waals surface area contributed by atoms with Crippen molar-refractivity contribution >= 4 is 5.91 Å². The lowest BCUT2D eigenvalue weighted by Gasteiger charge is -2.40. The molecule has 0 spiro atoms. The lowest BCUT2D eigenvalue weighted by atomic mass is 9.99. The number of allylic oxidation sites excluding steroid dienone is 3. The van der Waals surface area contributed by atoms with Crippen molar-refractivity contribution in [1.29, 1.82) is 0 Å². The molecule has 1 fully saturated rings. The minimum Gasteiger partial charge on any atom is -0.394 e. The van der Waals surface area contributed by atoms with E-state index in [4.69, 9.17) is 9.47 Å². The van der Waals surface area contributed by atoms with Crippen LogP contribution < -0.4 is 5.32 Å². The third-order valence-electron chi connectivity index (χ3n) is 17.3. The summed E-state index contributed by atoms with van der Waals surface area (Å²) in [5.41, 5.74) is 0. The average Bonchev–Trinajstić information content (AvgIpc) is 3.46. The van der Waals surface area contributed by atoms with Gasteiger partial charge in [0.05, 0.1) is 25.4 Å². The minimum absolute atomic E-state index is 0.178. The quantitative estimate of drug-likeness (QED) is 0.0261. The highest BCUT2D eigenvalue weighted by Gasteiger charge is 2.44. The van der Waals surface area contributed by atoms with Gasteiger partial charge in [-0.2, -0.15) is 0 Å². The van der Waals surface area contributed by atoms with Crippen LogP contribution in [0, 0.1) is 0 Å². The Labute approximate surface area is 496 Å². The van der Waals surface area contributed by atoms with Crippen LogP contribution in [0.25, 0.3) is 0 Å². The van der Waals surface area contributed by atoms with E-state index < -0.39 is 49.5 Å². The fourth-order valence-electron chi connectivity index (χ4n) is 11.7. The van der Waals surface area contributed by atoms with Crippen LogP contribution >= 0.6 is 0 Å². The molecule has 474 valence electrons. The van der Waals surface area contributed by atoms with Gasteiger partial charge < -0.3 is 40.3 Å². The lowest BCUT2D eigenvalue weighted by molar-refractivity contribution is -0.302. The van der Waals surface area contributed by atoms with E-state index in [2.05, 4.69) is 31.3 Å². The molecule has 1 aliphatic rings. The lowest BCUT2D eigenvalue weighted by Crippen LogP contribution is -2.60. The summed E-state index contributed by atoms with van der Waals surface area (Å²) in [7, 11) is 0. The summed E-state index contributed by atoms with van der Waals surface area (Å²) in [5.74, 6) is -0.178. The van der Waals surface area contributed by atoms with Crippen molar-refractivity contribution in [2.75, 3.05) is 13.2 Å². The summed E-state index contributed by atoms with van der Waals surface area (Å²) in [4.78, 5) is 13.1. The summed E-state index contributed by atoms with van der Waals surface area (Å²) in [6, 6.07) is -0.820. The van der Waals surface area contributed by atoms with E-state index in [1.807, 2.05) is 6.08 Å². The van der Waals surface area contributed by atoms with Crippen molar-refractivity contribution in [2.45, 2.75) is 410 Å². The number of amides is 1. The molecule has 0 bridgehead atoms. The topological polar surface area (TPSA) is 149 Å². The van der Waals surface area contributed by atoms with E-state index in [-0.39, 0.29) is 12.5 Å². The van der Waals surface area contributed by atoms with Gasteiger partial charge in [-0.3, -0.25) is 4.79 Å². The molecule has 9 nitrogen and oxygen atoms in total. The molecule has 9 heteroatoms. The molecule has 6 N–H and O–H groups in total. The Morgan fingerprint density at radius 1 is 0.412 bits per heavy atom. The van der Waals surface area contributed by atoms with Crippen LogP contribution in [0.4, 0.5) is 0 Å². The number of carbonyl (C=O) groups is 1. The molecule has 0 aliphatic carbocycles. The summed E-state index contributed by atoms with van der Waals surface area (Å²) < 4.78 is 11.3. The highest BCUT2D eigenvalue weighted by atomic mass is 16.7. The van der Waals surface area contributed by atoms with Crippen LogP contribution in [0.2, 0.25) is 0 Å². The van der Waals surface area contributed by atoms with Gasteiger partial charge >= 0.3 is 0 Å². The Morgan fingerprint density at radius 2 is 0.713 bits per heavy atom. The smallest absolute Gasteiger partial charge is 0.220 e. The van der Waals surface area contributed by atoms with Crippen LogP contribution in [-0.4, -0.2) is 87.5 Å². The predicted molar refractivity (Wildman–Crippen MR) is 341 cm³/mol. The molecule has 7 atom stereocenters. The van der Waals surface area contributed by atoms with Gasteiger partial charge in [-0.1, -0.05) is 353 Å². The van der Waals surface area contributed by atoms with Crippen LogP contribution in [0.5, 0.6) is 0 Å². The van der Waals surface area contributed by atoms with Crippen molar-refractivity contribution in [3.63, 3.8) is 0 Å². The summed E-state index contributed by atoms with van der Waals surface area (Å²) in [6.45, 7) is 3.82. The van der Waals surface area contributed by atoms with Gasteiger partial charge in [0, 0.05) is 6.42 Å². The average molecular weight is 1130 g/mol. The second kappa shape index (κ2) is 60.8. The largest absolute Gasteiger partial charge is 0.394 e. The molecule has 0 aromatic carbocycles. The first kappa shape index (κ1) is 76.7. The number of nitrogens with one attached hydrogen (secondary N) is 1. The van der Waals surface area contributed by atoms with Gasteiger partial charge in [0.25, 0.3) is 0 Å². The highest BCUT2D eigenvalue weighted by molar-refractivity contribution is 5.76. The molecule has 1 aliphatic heterocycles. The Hall–Kier alpha value is -1.33. The molecule has 1 saturated heterocycles. The van der Waals surface area contributed by atoms with Crippen LogP contribution in [0.3, 0.4) is 0 Å². The number of unbranched alkanes of at least 4 members (excludes halogenated alkanes) is 51. The van der Waals surface area contributed by atoms with E-state index in [9.17, 15) is 30.3 Å². The van der Waals surface area contributed by atoms with E-state index in [0.29, 0.717) is 6.42 Å². The summed E-state index contributed by atoms with van der Waals surface area (Å²) in [6.07, 6.45) is 73.1. The third kappa shape index (κ3) is 49.0. The minimum atomic E-state index is -1.57. The number of hydrogen-bond donors (Lipinski definition) is 6. The zero-order valence-corrected chi connectivity index (χ0v) is 53.1. The Balaban J connectivity index is 2.08. The van der Waals surface area contributed by atoms with Crippen LogP contribution in [0.15, 0.2) is 24.3 Å². The van der Waals surface area contributed by atoms with Gasteiger partial charge in [0.2, 0.25) is 5.91 Å². The molecular weight excluding hydrogens is 995 g/mol. The number of carbonyl (C=O) groups excluding carboxylic acids is 1. The first-order chi connectivity index (χ1) is 39.3. The van der Waals surface area contributed by atoms with Crippen molar-refractivity contribution < 1.29 is 39.8 Å². The summed E-state index contributed by atoms with van der Waals surface area (Å²) in [5, 5.41) is 54.7. The number of rotatable bonds is 63. The maximum absolute atomic E-state index is 13.1. The maximum Gasteiger partial charge on any atom is 0.220 e. The molecule has 80 heavy (non-hydrogen) atoms. The second-order valence-corrected chi connectivity index (χ2v) is 25.0. The monoisotopic (exact) mass is 1130 g/mol. The third-order valence-corrected chi connectivity index (χ3v) is 17.3. The van der Waals surface area contributed by atoms with Crippen LogP contribution in [-0.2, 0) is 14.3 Å². The number of aliphatic hydroxyl groups excluding tert-OH is 5. The predicted octanol–water partition coefficient (Wildman–Crippen LogP) is 19.3. The fraction of sp³-hybridized carbons (Fsp3) is 0.930. The molecule has 0 saturated carbocycles. The SMILES string of the molecule is CCCCCCCCCCCCCCCCC/C=C/CC/C=C/C(O)C(COC1OC(CO)C(O)C(O)C1O)NC(=O)CCCCCCCCCCCCCCCCCCCCCCCCCCCCCCCCCCCCCC. The van der Waals surface area contributed by atoms with Gasteiger partial charge in [0.15, 0.2) is 6.29 Å². The zero-order chi connectivity index (χ0) is 57.9. The van der Waals surface area contributed by atoms with E-state index in [0.717, 1.165) is 38.5 Å². The molecular formula is C71H137NO8. The first-order valence-corrected chi connectivity index (χ1v) is 35.6. The molecule has 1 rings (SSSR count). The number of hydrogen-bond acceptors (Lipinski definition) is 8. The Morgan fingerprint density at radius 3 is 1.05 bits per heavy atom. The first-order valence-electron chi connectivity index (χ1n) is 35.6. The van der Waals surface area contributed by atoms with Crippen molar-refractivity contribution in [3.8, 4) is 0 Å². The molecule has 1 heterocycles. The normalized spacial score (nSPS) is 18.5. The molecule has 0 aromatic heterocycles. The van der Waals surface area contributed by atoms with Gasteiger partial charge in [-0.15, -0.1) is 0 Å². The Bertz CT molecular complexity index is 1310. The van der Waals surface area contributed by atoms with Crippen LogP contribution in [0.1, 0.15) is 367 Å². The van der Waals surface area contributed by atoms with E-state index >= 15 is 0 Å². The highest BCUT2D eigenvalue weighted by Crippen LogP contribution is 2.24. The van der Waals surface area contributed by atoms with E-state index in [1.54, 1.807) is 6.08 Å². The Kier molecular flexibility index (Phi) is 58.3. The second-order valence-electron chi connectivity index (χ2n) is 25.0. The maximum atomic E-state index is 13.1.